The van der Waals surface area contributed by atoms with Gasteiger partial charge in [-0.15, -0.1) is 11.3 Å². The lowest BCUT2D eigenvalue weighted by Gasteiger charge is -2.12. The van der Waals surface area contributed by atoms with E-state index in [1.54, 1.807) is 17.5 Å². The van der Waals surface area contributed by atoms with Crippen molar-refractivity contribution in [2.75, 3.05) is 0 Å². The maximum atomic E-state index is 11.6. The maximum absolute atomic E-state index is 11.6. The van der Waals surface area contributed by atoms with Crippen molar-refractivity contribution in [3.8, 4) is 0 Å². The molecule has 0 saturated heterocycles. The molecule has 0 aliphatic rings. The van der Waals surface area contributed by atoms with Crippen LogP contribution in [0.5, 0.6) is 0 Å². The maximum Gasteiger partial charge on any atom is 0.326 e. The molecule has 0 fully saturated rings. The van der Waals surface area contributed by atoms with Crippen molar-refractivity contribution in [2.45, 2.75) is 18.9 Å². The summed E-state index contributed by atoms with van der Waals surface area (Å²) in [5.41, 5.74) is 0. The third kappa shape index (κ3) is 4.23. The number of nitrogens with one attached hydrogen (secondary N) is 1. The van der Waals surface area contributed by atoms with Gasteiger partial charge in [0.15, 0.2) is 0 Å². The lowest BCUT2D eigenvalue weighted by Crippen LogP contribution is -2.40. The van der Waals surface area contributed by atoms with E-state index in [9.17, 15) is 14.4 Å². The van der Waals surface area contributed by atoms with Crippen molar-refractivity contribution < 1.29 is 24.6 Å². The van der Waals surface area contributed by atoms with E-state index in [0.29, 0.717) is 4.88 Å². The number of amides is 1. The molecule has 0 bridgehead atoms. The van der Waals surface area contributed by atoms with Crippen LogP contribution in [0.3, 0.4) is 0 Å². The van der Waals surface area contributed by atoms with Gasteiger partial charge in [0.1, 0.15) is 6.04 Å². The van der Waals surface area contributed by atoms with E-state index in [4.69, 9.17) is 10.2 Å². The molecule has 0 aromatic carbocycles. The zero-order valence-corrected chi connectivity index (χ0v) is 9.57. The van der Waals surface area contributed by atoms with Crippen LogP contribution in [0.1, 0.15) is 22.5 Å². The van der Waals surface area contributed by atoms with Gasteiger partial charge >= 0.3 is 11.9 Å². The molecule has 6 nitrogen and oxygen atoms in total. The molecule has 0 saturated carbocycles. The Morgan fingerprint density at radius 1 is 1.35 bits per heavy atom. The van der Waals surface area contributed by atoms with E-state index >= 15 is 0 Å². The van der Waals surface area contributed by atoms with Gasteiger partial charge in [0, 0.05) is 6.42 Å². The Hall–Kier alpha value is -1.89. The second kappa shape index (κ2) is 6.00. The first-order valence-corrected chi connectivity index (χ1v) is 5.67. The second-order valence-corrected chi connectivity index (χ2v) is 4.22. The van der Waals surface area contributed by atoms with Crippen LogP contribution in [0.2, 0.25) is 0 Å². The number of hydrogen-bond acceptors (Lipinski definition) is 4. The molecule has 0 spiro atoms. The van der Waals surface area contributed by atoms with Crippen molar-refractivity contribution in [1.29, 1.82) is 0 Å². The summed E-state index contributed by atoms with van der Waals surface area (Å²) in [4.78, 5) is 33.1. The summed E-state index contributed by atoms with van der Waals surface area (Å²) < 4.78 is 0. The summed E-state index contributed by atoms with van der Waals surface area (Å²) >= 11 is 1.19. The van der Waals surface area contributed by atoms with E-state index < -0.39 is 23.9 Å². The van der Waals surface area contributed by atoms with Gasteiger partial charge in [0.25, 0.3) is 5.91 Å². The summed E-state index contributed by atoms with van der Waals surface area (Å²) in [7, 11) is 0. The van der Waals surface area contributed by atoms with Gasteiger partial charge in [-0.1, -0.05) is 6.07 Å². The smallest absolute Gasteiger partial charge is 0.326 e. The molecule has 17 heavy (non-hydrogen) atoms. The molecule has 0 aliphatic carbocycles. The van der Waals surface area contributed by atoms with E-state index in [2.05, 4.69) is 5.32 Å². The van der Waals surface area contributed by atoms with Gasteiger partial charge in [0.05, 0.1) is 4.88 Å². The normalized spacial score (nSPS) is 11.8. The van der Waals surface area contributed by atoms with Crippen LogP contribution in [-0.2, 0) is 9.59 Å². The summed E-state index contributed by atoms with van der Waals surface area (Å²) in [6.45, 7) is 0. The highest BCUT2D eigenvalue weighted by Gasteiger charge is 2.21. The van der Waals surface area contributed by atoms with Crippen molar-refractivity contribution in [3.63, 3.8) is 0 Å². The van der Waals surface area contributed by atoms with Crippen molar-refractivity contribution in [3.05, 3.63) is 22.4 Å². The van der Waals surface area contributed by atoms with Gasteiger partial charge < -0.3 is 15.5 Å². The first-order valence-electron chi connectivity index (χ1n) is 4.79. The van der Waals surface area contributed by atoms with Crippen LogP contribution < -0.4 is 5.32 Å². The molecule has 1 amide bonds. The lowest BCUT2D eigenvalue weighted by atomic mass is 10.1. The number of rotatable bonds is 6. The number of carbonyl (C=O) groups excluding carboxylic acids is 1. The van der Waals surface area contributed by atoms with Crippen LogP contribution in [0.15, 0.2) is 17.5 Å². The van der Waals surface area contributed by atoms with Gasteiger partial charge in [0.2, 0.25) is 0 Å². The SMILES string of the molecule is O=C(O)CC[C@H](NC(=O)c1cccs1)C(=O)O. The summed E-state index contributed by atoms with van der Waals surface area (Å²) in [5, 5.41) is 21.3. The van der Waals surface area contributed by atoms with Crippen molar-refractivity contribution in [1.82, 2.24) is 5.32 Å². The number of carboxylic acid groups (broad SMARTS) is 2. The van der Waals surface area contributed by atoms with E-state index in [1.807, 2.05) is 0 Å². The Labute approximate surface area is 101 Å². The fourth-order valence-corrected chi connectivity index (χ4v) is 1.79. The topological polar surface area (TPSA) is 104 Å². The molecule has 1 rings (SSSR count). The summed E-state index contributed by atoms with van der Waals surface area (Å²) in [6.07, 6.45) is -0.441. The number of thiophene rings is 1. The number of hydrogen-bond donors (Lipinski definition) is 3. The predicted molar refractivity (Wildman–Crippen MR) is 60.1 cm³/mol. The number of aliphatic carboxylic acids is 2. The molecule has 1 heterocycles. The van der Waals surface area contributed by atoms with E-state index in [1.165, 1.54) is 11.3 Å². The van der Waals surface area contributed by atoms with Crippen LogP contribution in [0.25, 0.3) is 0 Å². The number of carbonyl (C=O) groups is 3. The Morgan fingerprint density at radius 3 is 2.53 bits per heavy atom. The zero-order chi connectivity index (χ0) is 12.8. The minimum Gasteiger partial charge on any atom is -0.481 e. The Kier molecular flexibility index (Phi) is 4.65. The van der Waals surface area contributed by atoms with E-state index in [0.717, 1.165) is 0 Å². The summed E-state index contributed by atoms with van der Waals surface area (Å²) in [6, 6.07) is 2.06. The highest BCUT2D eigenvalue weighted by atomic mass is 32.1. The molecule has 1 aromatic rings. The van der Waals surface area contributed by atoms with Crippen molar-refractivity contribution >= 4 is 29.2 Å². The van der Waals surface area contributed by atoms with Gasteiger partial charge in [-0.05, 0) is 17.9 Å². The van der Waals surface area contributed by atoms with Gasteiger partial charge in [-0.3, -0.25) is 9.59 Å². The Balaban J connectivity index is 2.58. The minimum absolute atomic E-state index is 0.137. The highest BCUT2D eigenvalue weighted by molar-refractivity contribution is 7.12. The molecule has 0 aliphatic heterocycles. The first-order chi connectivity index (χ1) is 8.00. The lowest BCUT2D eigenvalue weighted by molar-refractivity contribution is -0.140. The molecular weight excluding hydrogens is 246 g/mol. The average molecular weight is 257 g/mol. The van der Waals surface area contributed by atoms with Gasteiger partial charge in [-0.25, -0.2) is 4.79 Å². The first kappa shape index (κ1) is 13.2. The average Bonchev–Trinajstić information content (AvgIpc) is 2.76. The molecule has 7 heteroatoms. The molecular formula is C10H11NO5S. The quantitative estimate of drug-likeness (QED) is 0.699. The molecule has 92 valence electrons. The molecule has 1 aromatic heterocycles. The number of carboxylic acids is 2. The Morgan fingerprint density at radius 2 is 2.06 bits per heavy atom. The van der Waals surface area contributed by atoms with Gasteiger partial charge in [-0.2, -0.15) is 0 Å². The monoisotopic (exact) mass is 257 g/mol. The molecule has 0 radical (unpaired) electrons. The highest BCUT2D eigenvalue weighted by Crippen LogP contribution is 2.09. The molecule has 1 atom stereocenters. The molecule has 3 N–H and O–H groups in total. The third-order valence-corrected chi connectivity index (χ3v) is 2.86. The summed E-state index contributed by atoms with van der Waals surface area (Å²) in [5.74, 6) is -2.84. The standard InChI is InChI=1S/C10H11NO5S/c12-8(13)4-3-6(10(15)16)11-9(14)7-2-1-5-17-7/h1-2,5-6H,3-4H2,(H,11,14)(H,12,13)(H,15,16)/t6-/m0/s1. The van der Waals surface area contributed by atoms with Crippen LogP contribution in [0.4, 0.5) is 0 Å². The predicted octanol–water partition coefficient (Wildman–Crippen LogP) is 0.796. The van der Waals surface area contributed by atoms with Crippen LogP contribution in [-0.4, -0.2) is 34.1 Å². The largest absolute Gasteiger partial charge is 0.481 e. The van der Waals surface area contributed by atoms with Crippen LogP contribution in [0, 0.1) is 0 Å². The Bertz CT molecular complexity index is 414. The minimum atomic E-state index is -1.24. The van der Waals surface area contributed by atoms with Crippen LogP contribution >= 0.6 is 11.3 Å². The molecule has 0 unspecified atom stereocenters. The second-order valence-electron chi connectivity index (χ2n) is 3.27. The van der Waals surface area contributed by atoms with Crippen molar-refractivity contribution in [2.24, 2.45) is 0 Å². The fourth-order valence-electron chi connectivity index (χ4n) is 1.16. The third-order valence-electron chi connectivity index (χ3n) is 2.00. The van der Waals surface area contributed by atoms with E-state index in [-0.39, 0.29) is 12.8 Å². The fraction of sp³-hybridized carbons (Fsp3) is 0.300. The zero-order valence-electron chi connectivity index (χ0n) is 8.75.